The van der Waals surface area contributed by atoms with Crippen LogP contribution in [0.4, 0.5) is 0 Å². The van der Waals surface area contributed by atoms with Crippen molar-refractivity contribution in [3.8, 4) is 45.3 Å². The van der Waals surface area contributed by atoms with Crippen LogP contribution < -0.4 is 5.32 Å². The van der Waals surface area contributed by atoms with Gasteiger partial charge in [-0.25, -0.2) is 15.0 Å². The van der Waals surface area contributed by atoms with Crippen LogP contribution in [0, 0.1) is 0 Å². The van der Waals surface area contributed by atoms with Crippen LogP contribution in [-0.4, -0.2) is 15.0 Å². The molecule has 1 aliphatic heterocycles. The number of nitrogens with zero attached hydrogens (tertiary/aromatic N) is 3. The summed E-state index contributed by atoms with van der Waals surface area (Å²) in [6, 6.07) is 72.8. The van der Waals surface area contributed by atoms with E-state index in [1.54, 1.807) is 0 Å². The zero-order valence-electron chi connectivity index (χ0n) is 39.2. The highest BCUT2D eigenvalue weighted by molar-refractivity contribution is 5.98. The van der Waals surface area contributed by atoms with E-state index in [0.717, 1.165) is 51.1 Å². The number of aromatic nitrogens is 3. The standard InChI is InChI=1S/C66H50N4/c1-65(2)54-29-15-17-31-56(54)66(57-32-18-16-30-55(57)65)53-39-38-49(50-41-59(45-22-9-4-10-23-45)67-60(42-50)46-24-11-5-12-25-46)40-52(53)61-51(28-19-33-58(61)66)64-69-62(47-26-13-6-14-27-47)68-63(70-64)48-36-34-44(35-37-48)43-20-7-3-8-21-43/h3-20,22-43,59,67H,21H2,1-2H3. The molecule has 2 atom stereocenters. The van der Waals surface area contributed by atoms with Gasteiger partial charge in [-0.05, 0) is 97.0 Å². The highest BCUT2D eigenvalue weighted by Gasteiger charge is 2.54. The number of rotatable bonds is 7. The minimum absolute atomic E-state index is 0.0248. The number of hydrogen-bond donors (Lipinski definition) is 1. The fraction of sp³-hybridized carbons (Fsp3) is 0.106. The largest absolute Gasteiger partial charge is 0.374 e. The summed E-state index contributed by atoms with van der Waals surface area (Å²) in [6.45, 7) is 4.76. The summed E-state index contributed by atoms with van der Waals surface area (Å²) >= 11 is 0. The average Bonchev–Trinajstić information content (AvgIpc) is 3.74. The van der Waals surface area contributed by atoms with E-state index in [1.165, 1.54) is 50.1 Å². The highest BCUT2D eigenvalue weighted by atomic mass is 15.0. The Morgan fingerprint density at radius 2 is 1.03 bits per heavy atom. The first kappa shape index (κ1) is 41.7. The van der Waals surface area contributed by atoms with Crippen molar-refractivity contribution in [2.75, 3.05) is 0 Å². The van der Waals surface area contributed by atoms with Gasteiger partial charge in [0.2, 0.25) is 0 Å². The van der Waals surface area contributed by atoms with Gasteiger partial charge in [0.05, 0.1) is 11.5 Å². The third-order valence-electron chi connectivity index (χ3n) is 15.2. The van der Waals surface area contributed by atoms with Gasteiger partial charge < -0.3 is 5.32 Å². The second-order valence-corrected chi connectivity index (χ2v) is 19.5. The summed E-state index contributed by atoms with van der Waals surface area (Å²) in [4.78, 5) is 16.1. The Hall–Kier alpha value is -8.47. The lowest BCUT2D eigenvalue weighted by Gasteiger charge is -2.46. The summed E-state index contributed by atoms with van der Waals surface area (Å²) in [5.74, 6) is 2.29. The Balaban J connectivity index is 1.07. The molecular weight excluding hydrogens is 849 g/mol. The van der Waals surface area contributed by atoms with Gasteiger partial charge >= 0.3 is 0 Å². The smallest absolute Gasteiger partial charge is 0.164 e. The molecule has 4 aliphatic rings. The highest BCUT2D eigenvalue weighted by Crippen LogP contribution is 2.63. The van der Waals surface area contributed by atoms with E-state index < -0.39 is 5.41 Å². The lowest BCUT2D eigenvalue weighted by Crippen LogP contribution is -2.40. The van der Waals surface area contributed by atoms with Gasteiger partial charge in [0.15, 0.2) is 17.5 Å². The summed E-state index contributed by atoms with van der Waals surface area (Å²) in [5.41, 5.74) is 19.2. The van der Waals surface area contributed by atoms with E-state index in [9.17, 15) is 0 Å². The predicted octanol–water partition coefficient (Wildman–Crippen LogP) is 15.2. The lowest BCUT2D eigenvalue weighted by molar-refractivity contribution is 0.563. The summed E-state index contributed by atoms with van der Waals surface area (Å²) in [7, 11) is 0. The lowest BCUT2D eigenvalue weighted by atomic mass is 9.55. The van der Waals surface area contributed by atoms with Crippen molar-refractivity contribution < 1.29 is 0 Å². The SMILES string of the molecule is CC1(C)c2ccccc2C2(c3ccc(C4=CC(c5ccccc5)NC(c5ccccc5)=C4)cc3-c3c(-c4nc(-c5ccccc5)nc(-c5ccc(C6C=CC=CC6)cc5)n4)cccc32)c2ccccc21. The van der Waals surface area contributed by atoms with Crippen molar-refractivity contribution in [1.82, 2.24) is 20.3 Å². The molecule has 1 N–H and O–H groups in total. The maximum atomic E-state index is 5.46. The molecule has 0 saturated heterocycles. The monoisotopic (exact) mass is 898 g/mol. The Labute approximate surface area is 410 Å². The fourth-order valence-electron chi connectivity index (χ4n) is 11.8. The molecule has 4 nitrogen and oxygen atoms in total. The van der Waals surface area contributed by atoms with E-state index in [0.29, 0.717) is 23.4 Å². The van der Waals surface area contributed by atoms with E-state index >= 15 is 0 Å². The Kier molecular flexibility index (Phi) is 9.91. The molecule has 0 bridgehead atoms. The van der Waals surface area contributed by atoms with Gasteiger partial charge in [-0.15, -0.1) is 0 Å². The Morgan fingerprint density at radius 1 is 0.457 bits per heavy atom. The fourth-order valence-corrected chi connectivity index (χ4v) is 11.8. The van der Waals surface area contributed by atoms with Gasteiger partial charge in [0.1, 0.15) is 0 Å². The summed E-state index contributed by atoms with van der Waals surface area (Å²) in [5, 5.41) is 3.87. The molecule has 2 heterocycles. The van der Waals surface area contributed by atoms with Gasteiger partial charge in [-0.1, -0.05) is 232 Å². The van der Waals surface area contributed by atoms with Crippen LogP contribution in [0.2, 0.25) is 0 Å². The summed E-state index contributed by atoms with van der Waals surface area (Å²) in [6.07, 6.45) is 14.5. The van der Waals surface area contributed by atoms with Crippen LogP contribution >= 0.6 is 0 Å². The quantitative estimate of drug-likeness (QED) is 0.173. The molecule has 0 amide bonds. The Bertz CT molecular complexity index is 3570. The first-order valence-electron chi connectivity index (χ1n) is 24.5. The number of benzene rings is 8. The molecule has 8 aromatic carbocycles. The molecule has 0 radical (unpaired) electrons. The second kappa shape index (κ2) is 16.6. The third kappa shape index (κ3) is 6.70. The average molecular weight is 899 g/mol. The van der Waals surface area contributed by atoms with E-state index in [-0.39, 0.29) is 11.5 Å². The van der Waals surface area contributed by atoms with Crippen molar-refractivity contribution in [3.05, 3.63) is 292 Å². The van der Waals surface area contributed by atoms with E-state index in [1.807, 2.05) is 6.07 Å². The minimum Gasteiger partial charge on any atom is -0.374 e. The van der Waals surface area contributed by atoms with Crippen molar-refractivity contribution in [1.29, 1.82) is 0 Å². The zero-order valence-corrected chi connectivity index (χ0v) is 39.2. The molecule has 13 rings (SSSR count). The van der Waals surface area contributed by atoms with Crippen LogP contribution in [0.1, 0.15) is 87.9 Å². The zero-order chi connectivity index (χ0) is 46.8. The van der Waals surface area contributed by atoms with Gasteiger partial charge in [-0.2, -0.15) is 0 Å². The Morgan fingerprint density at radius 3 is 1.69 bits per heavy atom. The normalized spacial score (nSPS) is 17.6. The molecule has 0 fully saturated rings. The van der Waals surface area contributed by atoms with Crippen LogP contribution in [0.25, 0.3) is 56.6 Å². The molecule has 2 unspecified atom stereocenters. The van der Waals surface area contributed by atoms with Gasteiger partial charge in [0, 0.05) is 33.7 Å². The number of fused-ring (bicyclic) bond motifs is 9. The molecule has 1 spiro atoms. The first-order chi connectivity index (χ1) is 34.4. The van der Waals surface area contributed by atoms with Crippen molar-refractivity contribution in [2.45, 2.75) is 43.1 Å². The molecule has 4 heteroatoms. The molecule has 0 saturated carbocycles. The maximum Gasteiger partial charge on any atom is 0.164 e. The van der Waals surface area contributed by atoms with Crippen LogP contribution in [0.15, 0.2) is 237 Å². The molecular formula is C66H50N4. The molecule has 3 aliphatic carbocycles. The third-order valence-corrected chi connectivity index (χ3v) is 15.2. The van der Waals surface area contributed by atoms with Crippen LogP contribution in [0.3, 0.4) is 0 Å². The minimum atomic E-state index is -0.612. The van der Waals surface area contributed by atoms with Gasteiger partial charge in [0.25, 0.3) is 0 Å². The van der Waals surface area contributed by atoms with Crippen molar-refractivity contribution in [2.24, 2.45) is 0 Å². The molecule has 1 aromatic heterocycles. The van der Waals surface area contributed by atoms with Gasteiger partial charge in [-0.3, -0.25) is 0 Å². The number of allylic oxidation sites excluding steroid dienone is 6. The van der Waals surface area contributed by atoms with Crippen molar-refractivity contribution >= 4 is 11.3 Å². The maximum absolute atomic E-state index is 5.46. The van der Waals surface area contributed by atoms with Crippen molar-refractivity contribution in [3.63, 3.8) is 0 Å². The predicted molar refractivity (Wildman–Crippen MR) is 286 cm³/mol. The first-order valence-corrected chi connectivity index (χ1v) is 24.5. The molecule has 334 valence electrons. The van der Waals surface area contributed by atoms with E-state index in [4.69, 9.17) is 15.0 Å². The van der Waals surface area contributed by atoms with Crippen LogP contribution in [0.5, 0.6) is 0 Å². The number of hydrogen-bond acceptors (Lipinski definition) is 4. The topological polar surface area (TPSA) is 50.7 Å². The second-order valence-electron chi connectivity index (χ2n) is 19.5. The molecule has 70 heavy (non-hydrogen) atoms. The summed E-state index contributed by atoms with van der Waals surface area (Å²) < 4.78 is 0. The van der Waals surface area contributed by atoms with E-state index in [2.05, 4.69) is 250 Å². The molecule has 9 aromatic rings. The number of nitrogens with one attached hydrogen (secondary N) is 1. The number of dihydropyridines is 1. The van der Waals surface area contributed by atoms with Crippen LogP contribution in [-0.2, 0) is 10.8 Å².